The summed E-state index contributed by atoms with van der Waals surface area (Å²) in [5, 5.41) is 1.29. The highest BCUT2D eigenvalue weighted by Crippen LogP contribution is 2.30. The van der Waals surface area contributed by atoms with Crippen LogP contribution in [0.1, 0.15) is 45.2 Å². The second kappa shape index (κ2) is 5.15. The number of benzene rings is 1. The summed E-state index contributed by atoms with van der Waals surface area (Å²) < 4.78 is 0. The number of rotatable bonds is 2. The van der Waals surface area contributed by atoms with E-state index in [1.54, 1.807) is 0 Å². The lowest BCUT2D eigenvalue weighted by Gasteiger charge is -2.21. The van der Waals surface area contributed by atoms with Crippen LogP contribution in [0.15, 0.2) is 24.3 Å². The van der Waals surface area contributed by atoms with Crippen molar-refractivity contribution in [1.82, 2.24) is 0 Å². The van der Waals surface area contributed by atoms with E-state index >= 15 is 0 Å². The molecule has 0 aromatic heterocycles. The van der Waals surface area contributed by atoms with Gasteiger partial charge < -0.3 is 0 Å². The quantitative estimate of drug-likeness (QED) is 0.668. The van der Waals surface area contributed by atoms with Gasteiger partial charge in [0.15, 0.2) is 0 Å². The zero-order valence-electron chi connectivity index (χ0n) is 11.1. The molecule has 0 aliphatic rings. The molecule has 1 aromatic rings. The van der Waals surface area contributed by atoms with Gasteiger partial charge in [-0.2, -0.15) is 0 Å². The highest BCUT2D eigenvalue weighted by molar-refractivity contribution is 7.27. The van der Waals surface area contributed by atoms with Gasteiger partial charge in [-0.15, -0.1) is 9.24 Å². The van der Waals surface area contributed by atoms with Crippen LogP contribution in [-0.4, -0.2) is 0 Å². The number of hydrogen-bond acceptors (Lipinski definition) is 0. The van der Waals surface area contributed by atoms with E-state index in [1.165, 1.54) is 22.0 Å². The molecule has 0 radical (unpaired) electrons. The second-order valence-electron chi connectivity index (χ2n) is 5.62. The Morgan fingerprint density at radius 3 is 2.38 bits per heavy atom. The molecule has 0 saturated carbocycles. The zero-order valence-corrected chi connectivity index (χ0v) is 12.2. The van der Waals surface area contributed by atoms with Gasteiger partial charge in [-0.25, -0.2) is 0 Å². The van der Waals surface area contributed by atoms with Crippen molar-refractivity contribution in [2.75, 3.05) is 0 Å². The molecule has 1 aromatic carbocycles. The molecule has 1 heteroatoms. The SMILES string of the molecule is C/C=C(\CC(C)(C)C)c1ccc(P)c(C)c1. The van der Waals surface area contributed by atoms with Crippen LogP contribution in [-0.2, 0) is 0 Å². The highest BCUT2D eigenvalue weighted by atomic mass is 31.0. The van der Waals surface area contributed by atoms with E-state index in [9.17, 15) is 0 Å². The van der Waals surface area contributed by atoms with Gasteiger partial charge in [-0.1, -0.05) is 45.0 Å². The van der Waals surface area contributed by atoms with E-state index in [-0.39, 0.29) is 0 Å². The van der Waals surface area contributed by atoms with E-state index in [4.69, 9.17) is 0 Å². The Balaban J connectivity index is 3.02. The Labute approximate surface area is 102 Å². The first-order chi connectivity index (χ1) is 7.33. The predicted molar refractivity (Wildman–Crippen MR) is 78.2 cm³/mol. The molecule has 88 valence electrons. The van der Waals surface area contributed by atoms with Crippen molar-refractivity contribution in [3.05, 3.63) is 35.4 Å². The Morgan fingerprint density at radius 1 is 1.31 bits per heavy atom. The smallest absolute Gasteiger partial charge is 0.0225 e. The molecule has 1 unspecified atom stereocenters. The fraction of sp³-hybridized carbons (Fsp3) is 0.467. The third-order valence-corrected chi connectivity index (χ3v) is 3.36. The normalized spacial score (nSPS) is 13.0. The molecule has 0 saturated heterocycles. The van der Waals surface area contributed by atoms with E-state index in [2.05, 4.69) is 68.1 Å². The van der Waals surface area contributed by atoms with Gasteiger partial charge in [0.25, 0.3) is 0 Å². The summed E-state index contributed by atoms with van der Waals surface area (Å²) in [4.78, 5) is 0. The second-order valence-corrected chi connectivity index (χ2v) is 6.24. The first-order valence-electron chi connectivity index (χ1n) is 5.85. The topological polar surface area (TPSA) is 0 Å². The maximum absolute atomic E-state index is 2.78. The van der Waals surface area contributed by atoms with E-state index in [0.29, 0.717) is 5.41 Å². The molecule has 0 nitrogen and oxygen atoms in total. The van der Waals surface area contributed by atoms with Crippen molar-refractivity contribution >= 4 is 20.1 Å². The highest BCUT2D eigenvalue weighted by Gasteiger charge is 2.14. The maximum atomic E-state index is 2.78. The summed E-state index contributed by atoms with van der Waals surface area (Å²) in [5.41, 5.74) is 4.49. The average molecular weight is 234 g/mol. The molecular formula is C15H23P. The van der Waals surface area contributed by atoms with Gasteiger partial charge in [0.2, 0.25) is 0 Å². The van der Waals surface area contributed by atoms with Crippen molar-refractivity contribution in [3.8, 4) is 0 Å². The molecule has 0 spiro atoms. The zero-order chi connectivity index (χ0) is 12.3. The van der Waals surface area contributed by atoms with Crippen LogP contribution < -0.4 is 5.30 Å². The Hall–Kier alpha value is -0.610. The monoisotopic (exact) mass is 234 g/mol. The van der Waals surface area contributed by atoms with E-state index in [1.807, 2.05) is 0 Å². The van der Waals surface area contributed by atoms with E-state index in [0.717, 1.165) is 6.42 Å². The van der Waals surface area contributed by atoms with Crippen LogP contribution in [0.25, 0.3) is 5.57 Å². The standard InChI is InChI=1S/C15H23P/c1-6-12(10-15(3,4)5)13-7-8-14(16)11(2)9-13/h6-9H,10,16H2,1-5H3/b12-6+. The maximum Gasteiger partial charge on any atom is -0.0225 e. The third kappa shape index (κ3) is 3.76. The lowest BCUT2D eigenvalue weighted by Crippen LogP contribution is -2.06. The van der Waals surface area contributed by atoms with Crippen LogP contribution in [0.4, 0.5) is 0 Å². The average Bonchev–Trinajstić information content (AvgIpc) is 2.17. The van der Waals surface area contributed by atoms with E-state index < -0.39 is 0 Å². The molecule has 16 heavy (non-hydrogen) atoms. The van der Waals surface area contributed by atoms with Crippen LogP contribution >= 0.6 is 9.24 Å². The molecule has 0 aliphatic heterocycles. The Kier molecular flexibility index (Phi) is 4.33. The van der Waals surface area contributed by atoms with Gasteiger partial charge in [-0.3, -0.25) is 0 Å². The van der Waals surface area contributed by atoms with Crippen LogP contribution in [0.2, 0.25) is 0 Å². The molecule has 0 amide bonds. The van der Waals surface area contributed by atoms with Crippen LogP contribution in [0.5, 0.6) is 0 Å². The van der Waals surface area contributed by atoms with Crippen molar-refractivity contribution in [2.24, 2.45) is 5.41 Å². The summed E-state index contributed by atoms with van der Waals surface area (Å²) in [5.74, 6) is 0. The molecular weight excluding hydrogens is 211 g/mol. The summed E-state index contributed by atoms with van der Waals surface area (Å²) in [6.07, 6.45) is 3.36. The number of aryl methyl sites for hydroxylation is 1. The summed E-state index contributed by atoms with van der Waals surface area (Å²) in [6.45, 7) is 11.1. The molecule has 0 fully saturated rings. The van der Waals surface area contributed by atoms with Crippen molar-refractivity contribution in [3.63, 3.8) is 0 Å². The third-order valence-electron chi connectivity index (χ3n) is 2.71. The molecule has 0 heterocycles. The summed E-state index contributed by atoms with van der Waals surface area (Å²) in [6, 6.07) is 6.68. The minimum absolute atomic E-state index is 0.343. The Morgan fingerprint density at radius 2 is 1.94 bits per heavy atom. The van der Waals surface area contributed by atoms with Gasteiger partial charge in [0.05, 0.1) is 0 Å². The fourth-order valence-electron chi connectivity index (χ4n) is 1.82. The molecule has 1 rings (SSSR count). The first kappa shape index (κ1) is 13.5. The first-order valence-corrected chi connectivity index (χ1v) is 6.43. The number of allylic oxidation sites excluding steroid dienone is 2. The van der Waals surface area contributed by atoms with Crippen molar-refractivity contribution < 1.29 is 0 Å². The van der Waals surface area contributed by atoms with Crippen LogP contribution in [0.3, 0.4) is 0 Å². The summed E-state index contributed by atoms with van der Waals surface area (Å²) >= 11 is 0. The van der Waals surface area contributed by atoms with Crippen molar-refractivity contribution in [1.29, 1.82) is 0 Å². The lowest BCUT2D eigenvalue weighted by molar-refractivity contribution is 0.427. The molecule has 0 bridgehead atoms. The predicted octanol–water partition coefficient (Wildman–Crippen LogP) is 4.33. The molecule has 0 N–H and O–H groups in total. The minimum atomic E-state index is 0.343. The lowest BCUT2D eigenvalue weighted by atomic mass is 9.85. The van der Waals surface area contributed by atoms with Gasteiger partial charge in [0.1, 0.15) is 0 Å². The van der Waals surface area contributed by atoms with Gasteiger partial charge >= 0.3 is 0 Å². The fourth-order valence-corrected chi connectivity index (χ4v) is 2.00. The number of hydrogen-bond donors (Lipinski definition) is 0. The molecule has 0 aliphatic carbocycles. The van der Waals surface area contributed by atoms with Gasteiger partial charge in [0, 0.05) is 0 Å². The Bertz CT molecular complexity index is 394. The van der Waals surface area contributed by atoms with Crippen LogP contribution in [0, 0.1) is 12.3 Å². The molecule has 1 atom stereocenters. The minimum Gasteiger partial charge on any atom is -0.105 e. The van der Waals surface area contributed by atoms with Gasteiger partial charge in [-0.05, 0) is 47.7 Å². The van der Waals surface area contributed by atoms with Crippen molar-refractivity contribution in [2.45, 2.75) is 41.0 Å². The summed E-state index contributed by atoms with van der Waals surface area (Å²) in [7, 11) is 2.78. The largest absolute Gasteiger partial charge is 0.105 e.